The molecule has 88 valence electrons. The molecule has 0 unspecified atom stereocenters. The average Bonchev–Trinajstić information content (AvgIpc) is 2.37. The number of carbonyl (C=O) groups excluding carboxylic acids is 1. The Labute approximate surface area is 115 Å². The number of carbonyl (C=O) groups is 1. The van der Waals surface area contributed by atoms with Crippen LogP contribution in [0.1, 0.15) is 15.9 Å². The van der Waals surface area contributed by atoms with E-state index in [1.54, 1.807) is 36.4 Å². The molecule has 0 saturated heterocycles. The number of ketones is 1. The van der Waals surface area contributed by atoms with Crippen LogP contribution in [0.3, 0.4) is 0 Å². The number of Topliss-reactive ketones (excluding diaryl/α,β-unsaturated/α-hetero) is 1. The molecular formula is C14H7Cl2NO. The fourth-order valence-corrected chi connectivity index (χ4v) is 1.71. The zero-order chi connectivity index (χ0) is 13.0. The van der Waals surface area contributed by atoms with Crippen molar-refractivity contribution in [3.63, 3.8) is 0 Å². The second-order valence-electron chi connectivity index (χ2n) is 3.43. The number of pyridine rings is 1. The molecule has 2 rings (SSSR count). The van der Waals surface area contributed by atoms with Crippen LogP contribution in [0, 0.1) is 11.8 Å². The molecular weight excluding hydrogens is 269 g/mol. The summed E-state index contributed by atoms with van der Waals surface area (Å²) >= 11 is 11.6. The average molecular weight is 276 g/mol. The molecule has 2 aromatic rings. The van der Waals surface area contributed by atoms with Gasteiger partial charge in [-0.25, -0.2) is 4.98 Å². The first-order valence-electron chi connectivity index (χ1n) is 5.09. The lowest BCUT2D eigenvalue weighted by Gasteiger charge is -1.95. The summed E-state index contributed by atoms with van der Waals surface area (Å²) in [5, 5.41) is 0.733. The molecule has 0 radical (unpaired) electrons. The van der Waals surface area contributed by atoms with Crippen LogP contribution >= 0.6 is 23.2 Å². The molecule has 0 N–H and O–H groups in total. The Hall–Kier alpha value is -1.82. The van der Waals surface area contributed by atoms with E-state index in [1.807, 2.05) is 0 Å². The molecule has 1 aromatic carbocycles. The maximum absolute atomic E-state index is 11.8. The lowest BCUT2D eigenvalue weighted by molar-refractivity contribution is 0.105. The Bertz CT molecular complexity index is 656. The first kappa shape index (κ1) is 12.6. The van der Waals surface area contributed by atoms with E-state index in [0.717, 1.165) is 0 Å². The number of hydrogen-bond acceptors (Lipinski definition) is 2. The fourth-order valence-electron chi connectivity index (χ4n) is 1.32. The lowest BCUT2D eigenvalue weighted by atomic mass is 10.1. The second kappa shape index (κ2) is 5.68. The summed E-state index contributed by atoms with van der Waals surface area (Å²) < 4.78 is 0. The van der Waals surface area contributed by atoms with Crippen molar-refractivity contribution in [2.45, 2.75) is 0 Å². The molecule has 0 aliphatic heterocycles. The molecule has 0 bridgehead atoms. The lowest BCUT2D eigenvalue weighted by Crippen LogP contribution is -1.97. The molecule has 0 spiro atoms. The maximum atomic E-state index is 11.8. The summed E-state index contributed by atoms with van der Waals surface area (Å²) in [5.74, 6) is 4.88. The zero-order valence-corrected chi connectivity index (χ0v) is 10.7. The van der Waals surface area contributed by atoms with Gasteiger partial charge in [-0.15, -0.1) is 0 Å². The largest absolute Gasteiger partial charge is 0.279 e. The monoisotopic (exact) mass is 275 g/mol. The standard InChI is InChI=1S/C14H7Cl2NO/c15-11-4-1-3-10(9-11)6-7-13(18)12-5-2-8-17-14(12)16/h1-5,8-9H. The third-order valence-electron chi connectivity index (χ3n) is 2.15. The van der Waals surface area contributed by atoms with Gasteiger partial charge >= 0.3 is 0 Å². The molecule has 18 heavy (non-hydrogen) atoms. The molecule has 0 atom stereocenters. The van der Waals surface area contributed by atoms with E-state index in [2.05, 4.69) is 16.8 Å². The molecule has 0 saturated carbocycles. The van der Waals surface area contributed by atoms with Crippen molar-refractivity contribution in [3.05, 3.63) is 63.9 Å². The molecule has 1 aromatic heterocycles. The molecule has 0 fully saturated rings. The predicted octanol–water partition coefficient (Wildman–Crippen LogP) is 3.62. The summed E-state index contributed by atoms with van der Waals surface area (Å²) in [6.07, 6.45) is 1.52. The highest BCUT2D eigenvalue weighted by molar-refractivity contribution is 6.33. The van der Waals surface area contributed by atoms with Crippen molar-refractivity contribution in [2.24, 2.45) is 0 Å². The van der Waals surface area contributed by atoms with Gasteiger partial charge in [0.05, 0.1) is 5.56 Å². The van der Waals surface area contributed by atoms with Gasteiger partial charge in [0.25, 0.3) is 0 Å². The number of benzene rings is 1. The molecule has 4 heteroatoms. The quantitative estimate of drug-likeness (QED) is 0.452. The SMILES string of the molecule is O=C(C#Cc1cccc(Cl)c1)c1cccnc1Cl. The van der Waals surface area contributed by atoms with E-state index in [0.29, 0.717) is 16.1 Å². The first-order valence-corrected chi connectivity index (χ1v) is 5.85. The number of hydrogen-bond donors (Lipinski definition) is 0. The Kier molecular flexibility index (Phi) is 3.99. The smallest absolute Gasteiger partial charge is 0.239 e. The van der Waals surface area contributed by atoms with Gasteiger partial charge in [-0.3, -0.25) is 4.79 Å². The Morgan fingerprint density at radius 1 is 1.17 bits per heavy atom. The second-order valence-corrected chi connectivity index (χ2v) is 4.23. The maximum Gasteiger partial charge on any atom is 0.239 e. The van der Waals surface area contributed by atoms with Crippen LogP contribution in [0.25, 0.3) is 0 Å². The highest BCUT2D eigenvalue weighted by atomic mass is 35.5. The predicted molar refractivity (Wildman–Crippen MR) is 71.9 cm³/mol. The number of rotatable bonds is 1. The minimum atomic E-state index is -0.368. The van der Waals surface area contributed by atoms with Crippen LogP contribution in [-0.2, 0) is 0 Å². The van der Waals surface area contributed by atoms with Crippen LogP contribution in [-0.4, -0.2) is 10.8 Å². The minimum Gasteiger partial charge on any atom is -0.279 e. The zero-order valence-electron chi connectivity index (χ0n) is 9.15. The van der Waals surface area contributed by atoms with Crippen molar-refractivity contribution >= 4 is 29.0 Å². The summed E-state index contributed by atoms with van der Waals surface area (Å²) in [6, 6.07) is 10.2. The first-order chi connectivity index (χ1) is 8.66. The van der Waals surface area contributed by atoms with Crippen LogP contribution < -0.4 is 0 Å². The van der Waals surface area contributed by atoms with Gasteiger partial charge in [-0.2, -0.15) is 0 Å². The summed E-state index contributed by atoms with van der Waals surface area (Å²) in [7, 11) is 0. The fraction of sp³-hybridized carbons (Fsp3) is 0. The topological polar surface area (TPSA) is 30.0 Å². The van der Waals surface area contributed by atoms with Gasteiger partial charge in [0, 0.05) is 16.8 Å². The van der Waals surface area contributed by atoms with Crippen molar-refractivity contribution in [1.29, 1.82) is 0 Å². The van der Waals surface area contributed by atoms with Gasteiger partial charge in [-0.05, 0) is 36.3 Å². The van der Waals surface area contributed by atoms with Crippen LogP contribution in [0.15, 0.2) is 42.6 Å². The van der Waals surface area contributed by atoms with E-state index in [4.69, 9.17) is 23.2 Å². The van der Waals surface area contributed by atoms with Gasteiger partial charge in [0.2, 0.25) is 5.78 Å². The van der Waals surface area contributed by atoms with Gasteiger partial charge in [0.15, 0.2) is 0 Å². The highest BCUT2D eigenvalue weighted by Crippen LogP contribution is 2.12. The van der Waals surface area contributed by atoms with E-state index in [9.17, 15) is 4.79 Å². The summed E-state index contributed by atoms with van der Waals surface area (Å²) in [6.45, 7) is 0. The van der Waals surface area contributed by atoms with E-state index in [1.165, 1.54) is 6.20 Å². The highest BCUT2D eigenvalue weighted by Gasteiger charge is 2.07. The summed E-state index contributed by atoms with van der Waals surface area (Å²) in [4.78, 5) is 15.6. The Morgan fingerprint density at radius 3 is 2.72 bits per heavy atom. The number of aromatic nitrogens is 1. The normalized spacial score (nSPS) is 9.44. The molecule has 2 nitrogen and oxygen atoms in total. The minimum absolute atomic E-state index is 0.155. The van der Waals surface area contributed by atoms with E-state index >= 15 is 0 Å². The van der Waals surface area contributed by atoms with Crippen molar-refractivity contribution in [3.8, 4) is 11.8 Å². The van der Waals surface area contributed by atoms with Crippen molar-refractivity contribution in [1.82, 2.24) is 4.98 Å². The van der Waals surface area contributed by atoms with E-state index < -0.39 is 0 Å². The third-order valence-corrected chi connectivity index (χ3v) is 2.68. The third kappa shape index (κ3) is 3.10. The number of halogens is 2. The van der Waals surface area contributed by atoms with Gasteiger partial charge in [0.1, 0.15) is 5.15 Å². The summed E-state index contributed by atoms with van der Waals surface area (Å²) in [5.41, 5.74) is 0.976. The van der Waals surface area contributed by atoms with Crippen LogP contribution in [0.5, 0.6) is 0 Å². The molecule has 1 heterocycles. The number of nitrogens with zero attached hydrogens (tertiary/aromatic N) is 1. The Balaban J connectivity index is 2.26. The van der Waals surface area contributed by atoms with Gasteiger partial charge < -0.3 is 0 Å². The molecule has 0 aliphatic rings. The van der Waals surface area contributed by atoms with Crippen LogP contribution in [0.2, 0.25) is 10.2 Å². The Morgan fingerprint density at radius 2 is 2.00 bits per heavy atom. The molecule has 0 aliphatic carbocycles. The van der Waals surface area contributed by atoms with Crippen molar-refractivity contribution < 1.29 is 4.79 Å². The van der Waals surface area contributed by atoms with Gasteiger partial charge in [-0.1, -0.05) is 35.2 Å². The van der Waals surface area contributed by atoms with Crippen molar-refractivity contribution in [2.75, 3.05) is 0 Å². The van der Waals surface area contributed by atoms with E-state index in [-0.39, 0.29) is 10.9 Å². The molecule has 0 amide bonds. The van der Waals surface area contributed by atoms with Crippen LogP contribution in [0.4, 0.5) is 0 Å².